The summed E-state index contributed by atoms with van der Waals surface area (Å²) in [7, 11) is 0. The smallest absolute Gasteiger partial charge is 0.290 e. The van der Waals surface area contributed by atoms with Gasteiger partial charge in [-0.15, -0.1) is 0 Å². The van der Waals surface area contributed by atoms with Crippen LogP contribution in [0.5, 0.6) is 0 Å². The van der Waals surface area contributed by atoms with Gasteiger partial charge in [-0.05, 0) is 26.3 Å². The first kappa shape index (κ1) is 16.2. The number of nitrogens with one attached hydrogen (secondary N) is 1. The third-order valence-electron chi connectivity index (χ3n) is 3.35. The van der Waals surface area contributed by atoms with Gasteiger partial charge in [-0.1, -0.05) is 0 Å². The molecular formula is C15H19F2N3O2. The molecule has 0 bridgehead atoms. The molecule has 0 fully saturated rings. The van der Waals surface area contributed by atoms with Gasteiger partial charge in [0.25, 0.3) is 12.3 Å². The summed E-state index contributed by atoms with van der Waals surface area (Å²) in [5, 5.41) is 0. The first-order chi connectivity index (χ1) is 10.4. The maximum atomic E-state index is 13.0. The fraction of sp³-hybridized carbons (Fsp3) is 0.467. The molecule has 0 radical (unpaired) electrons. The summed E-state index contributed by atoms with van der Waals surface area (Å²) in [5.41, 5.74) is 2.15. The average molecular weight is 311 g/mol. The predicted molar refractivity (Wildman–Crippen MR) is 76.9 cm³/mol. The van der Waals surface area contributed by atoms with Gasteiger partial charge in [0.15, 0.2) is 5.76 Å². The van der Waals surface area contributed by atoms with Crippen molar-refractivity contribution in [3.8, 4) is 0 Å². The monoisotopic (exact) mass is 311 g/mol. The second-order valence-electron chi connectivity index (χ2n) is 5.43. The summed E-state index contributed by atoms with van der Waals surface area (Å²) >= 11 is 0. The van der Waals surface area contributed by atoms with Crippen LogP contribution in [-0.2, 0) is 22.5 Å². The van der Waals surface area contributed by atoms with Crippen LogP contribution in [0.1, 0.15) is 32.2 Å². The van der Waals surface area contributed by atoms with E-state index in [-0.39, 0.29) is 11.3 Å². The van der Waals surface area contributed by atoms with Gasteiger partial charge in [0.1, 0.15) is 0 Å². The Morgan fingerprint density at radius 3 is 2.82 bits per heavy atom. The fourth-order valence-electron chi connectivity index (χ4n) is 2.12. The molecule has 0 spiro atoms. The lowest BCUT2D eigenvalue weighted by molar-refractivity contribution is -0.131. The van der Waals surface area contributed by atoms with E-state index in [0.717, 1.165) is 17.0 Å². The topological polar surface area (TPSA) is 58.2 Å². The molecule has 2 heterocycles. The molecule has 1 aromatic heterocycles. The molecule has 0 aliphatic carbocycles. The Bertz CT molecular complexity index is 616. The van der Waals surface area contributed by atoms with Crippen molar-refractivity contribution in [2.45, 2.75) is 40.2 Å². The summed E-state index contributed by atoms with van der Waals surface area (Å²) in [6, 6.07) is 0. The van der Waals surface area contributed by atoms with Crippen LogP contribution in [0.3, 0.4) is 0 Å². The molecule has 0 saturated carbocycles. The number of amides is 1. The zero-order chi connectivity index (χ0) is 16.3. The molecule has 1 aromatic rings. The molecule has 1 N–H and O–H groups in total. The van der Waals surface area contributed by atoms with Gasteiger partial charge in [-0.25, -0.2) is 13.8 Å². The molecule has 2 rings (SSSR count). The lowest BCUT2D eigenvalue weighted by Gasteiger charge is -2.27. The highest BCUT2D eigenvalue weighted by molar-refractivity contribution is 5.92. The number of rotatable bonds is 4. The van der Waals surface area contributed by atoms with Gasteiger partial charge < -0.3 is 14.6 Å². The number of aromatic nitrogens is 2. The minimum atomic E-state index is -2.74. The van der Waals surface area contributed by atoms with Crippen LogP contribution in [-0.4, -0.2) is 33.7 Å². The zero-order valence-electron chi connectivity index (χ0n) is 12.8. The van der Waals surface area contributed by atoms with Crippen molar-refractivity contribution in [2.24, 2.45) is 0 Å². The molecule has 120 valence electrons. The molecule has 0 aromatic carbocycles. The number of H-pyrrole nitrogens is 1. The van der Waals surface area contributed by atoms with Gasteiger partial charge in [0.2, 0.25) is 0 Å². The number of fused-ring (bicyclic) bond motifs is 1. The highest BCUT2D eigenvalue weighted by Crippen LogP contribution is 2.22. The predicted octanol–water partition coefficient (Wildman–Crippen LogP) is 2.77. The van der Waals surface area contributed by atoms with Gasteiger partial charge in [-0.3, -0.25) is 4.79 Å². The lowest BCUT2D eigenvalue weighted by Crippen LogP contribution is -2.37. The Hall–Kier alpha value is -2.18. The van der Waals surface area contributed by atoms with Gasteiger partial charge >= 0.3 is 0 Å². The third-order valence-corrected chi connectivity index (χ3v) is 3.35. The Labute approximate surface area is 127 Å². The van der Waals surface area contributed by atoms with Crippen LogP contribution in [0.2, 0.25) is 0 Å². The summed E-state index contributed by atoms with van der Waals surface area (Å²) < 4.78 is 31.2. The Kier molecular flexibility index (Phi) is 4.95. The normalized spacial score (nSPS) is 15.3. The maximum absolute atomic E-state index is 13.0. The van der Waals surface area contributed by atoms with E-state index in [1.807, 2.05) is 0 Å². The maximum Gasteiger partial charge on any atom is 0.290 e. The minimum absolute atomic E-state index is 0.306. The van der Waals surface area contributed by atoms with Crippen molar-refractivity contribution >= 4 is 5.91 Å². The Morgan fingerprint density at radius 2 is 2.18 bits per heavy atom. The summed E-state index contributed by atoms with van der Waals surface area (Å²) in [6.45, 7) is 5.47. The first-order valence-corrected chi connectivity index (χ1v) is 6.99. The van der Waals surface area contributed by atoms with Gasteiger partial charge in [0, 0.05) is 18.5 Å². The summed E-state index contributed by atoms with van der Waals surface area (Å²) in [4.78, 5) is 21.1. The number of alkyl halides is 2. The van der Waals surface area contributed by atoms with E-state index in [0.29, 0.717) is 19.5 Å². The number of carbonyl (C=O) groups excluding carboxylic acids is 1. The number of carbonyl (C=O) groups is 1. The zero-order valence-corrected chi connectivity index (χ0v) is 12.8. The standard InChI is InChI=1S/C15H19F2N3O2/c1-9(2)7-22-13(10(3)14(16)17)15(21)20-5-4-11-12(6-20)19-8-18-11/h7-8,14H,4-6H2,1-3H3,(H,18,19)/b13-10+. The molecule has 0 saturated heterocycles. The van der Waals surface area contributed by atoms with Gasteiger partial charge in [-0.2, -0.15) is 0 Å². The Balaban J connectivity index is 2.23. The molecule has 1 aliphatic rings. The Morgan fingerprint density at radius 1 is 1.45 bits per heavy atom. The molecular weight excluding hydrogens is 292 g/mol. The number of aromatic amines is 1. The number of hydrogen-bond donors (Lipinski definition) is 1. The number of ether oxygens (including phenoxy) is 1. The van der Waals surface area contributed by atoms with E-state index < -0.39 is 12.3 Å². The molecule has 1 aliphatic heterocycles. The van der Waals surface area contributed by atoms with Crippen LogP contribution < -0.4 is 0 Å². The van der Waals surface area contributed by atoms with E-state index in [1.165, 1.54) is 18.1 Å². The van der Waals surface area contributed by atoms with E-state index >= 15 is 0 Å². The van der Waals surface area contributed by atoms with Crippen LogP contribution in [0.15, 0.2) is 29.5 Å². The second-order valence-corrected chi connectivity index (χ2v) is 5.43. The first-order valence-electron chi connectivity index (χ1n) is 6.99. The number of imidazole rings is 1. The van der Waals surface area contributed by atoms with Crippen LogP contribution in [0.4, 0.5) is 8.78 Å². The van der Waals surface area contributed by atoms with Crippen LogP contribution in [0, 0.1) is 0 Å². The van der Waals surface area contributed by atoms with E-state index in [2.05, 4.69) is 9.97 Å². The quantitative estimate of drug-likeness (QED) is 0.687. The minimum Gasteiger partial charge on any atom is -0.459 e. The SMILES string of the molecule is CC(C)=CO/C(C(=O)N1CCc2nc[nH]c2C1)=C(\C)C(F)F. The molecule has 0 atom stereocenters. The van der Waals surface area contributed by atoms with E-state index in [4.69, 9.17) is 4.74 Å². The van der Waals surface area contributed by atoms with Gasteiger partial charge in [0.05, 0.1) is 30.5 Å². The summed E-state index contributed by atoms with van der Waals surface area (Å²) in [6.07, 6.45) is 0.732. The van der Waals surface area contributed by atoms with Crippen molar-refractivity contribution in [1.82, 2.24) is 14.9 Å². The second kappa shape index (κ2) is 6.72. The number of nitrogens with zero attached hydrogens (tertiary/aromatic N) is 2. The van der Waals surface area contributed by atoms with Crippen molar-refractivity contribution in [2.75, 3.05) is 6.54 Å². The van der Waals surface area contributed by atoms with Crippen LogP contribution in [0.25, 0.3) is 0 Å². The third kappa shape index (κ3) is 3.52. The largest absolute Gasteiger partial charge is 0.459 e. The van der Waals surface area contributed by atoms with Crippen molar-refractivity contribution in [3.63, 3.8) is 0 Å². The summed E-state index contributed by atoms with van der Waals surface area (Å²) in [5.74, 6) is -0.838. The highest BCUT2D eigenvalue weighted by atomic mass is 19.3. The molecule has 22 heavy (non-hydrogen) atoms. The molecule has 1 amide bonds. The van der Waals surface area contributed by atoms with Crippen molar-refractivity contribution in [3.05, 3.63) is 40.9 Å². The van der Waals surface area contributed by atoms with Crippen LogP contribution >= 0.6 is 0 Å². The number of allylic oxidation sites excluding steroid dienone is 2. The fourth-order valence-corrected chi connectivity index (χ4v) is 2.12. The van der Waals surface area contributed by atoms with Crippen molar-refractivity contribution in [1.29, 1.82) is 0 Å². The molecule has 0 unspecified atom stereocenters. The van der Waals surface area contributed by atoms with E-state index in [9.17, 15) is 13.6 Å². The molecule has 5 nitrogen and oxygen atoms in total. The van der Waals surface area contributed by atoms with E-state index in [1.54, 1.807) is 20.2 Å². The average Bonchev–Trinajstić information content (AvgIpc) is 2.93. The molecule has 7 heteroatoms. The number of hydrogen-bond acceptors (Lipinski definition) is 3. The van der Waals surface area contributed by atoms with Crippen molar-refractivity contribution < 1.29 is 18.3 Å². The highest BCUT2D eigenvalue weighted by Gasteiger charge is 2.28. The number of halogens is 2. The lowest BCUT2D eigenvalue weighted by atomic mass is 10.1.